The van der Waals surface area contributed by atoms with Crippen molar-refractivity contribution in [3.8, 4) is 0 Å². The van der Waals surface area contributed by atoms with Crippen LogP contribution in [-0.2, 0) is 0 Å². The van der Waals surface area contributed by atoms with Gasteiger partial charge < -0.3 is 10.2 Å². The number of hydrogen-bond donors (Lipinski definition) is 1. The summed E-state index contributed by atoms with van der Waals surface area (Å²) in [6.07, 6.45) is 4.64. The average Bonchev–Trinajstić information content (AvgIpc) is 3.17. The standard InChI is InChI=1S/C16H22N2O/c1-2-18(10-12-7-8-12)15(9-17)14-11-19-16-6-4-3-5-13(14)16/h3-6,11-12,15H,2,7-10,17H2,1H3. The van der Waals surface area contributed by atoms with Crippen LogP contribution in [-0.4, -0.2) is 24.5 Å². The monoisotopic (exact) mass is 258 g/mol. The van der Waals surface area contributed by atoms with Gasteiger partial charge in [-0.2, -0.15) is 0 Å². The first-order valence-corrected chi connectivity index (χ1v) is 7.23. The van der Waals surface area contributed by atoms with E-state index in [1.807, 2.05) is 18.4 Å². The molecule has 0 bridgehead atoms. The van der Waals surface area contributed by atoms with Crippen LogP contribution in [0.5, 0.6) is 0 Å². The molecule has 1 aromatic heterocycles. The summed E-state index contributed by atoms with van der Waals surface area (Å²) in [7, 11) is 0. The zero-order valence-electron chi connectivity index (χ0n) is 11.5. The third-order valence-electron chi connectivity index (χ3n) is 4.13. The molecule has 3 heteroatoms. The van der Waals surface area contributed by atoms with Gasteiger partial charge in [-0.1, -0.05) is 25.1 Å². The molecule has 0 aliphatic heterocycles. The highest BCUT2D eigenvalue weighted by Crippen LogP contribution is 2.34. The Labute approximate surface area is 114 Å². The van der Waals surface area contributed by atoms with Crippen LogP contribution in [0.3, 0.4) is 0 Å². The van der Waals surface area contributed by atoms with Gasteiger partial charge in [-0.25, -0.2) is 0 Å². The van der Waals surface area contributed by atoms with Gasteiger partial charge in [0.15, 0.2) is 0 Å². The number of rotatable bonds is 6. The maximum Gasteiger partial charge on any atom is 0.134 e. The Morgan fingerprint density at radius 3 is 2.84 bits per heavy atom. The minimum Gasteiger partial charge on any atom is -0.464 e. The molecular formula is C16H22N2O. The lowest BCUT2D eigenvalue weighted by Crippen LogP contribution is -2.35. The van der Waals surface area contributed by atoms with Gasteiger partial charge in [-0.3, -0.25) is 4.90 Å². The Bertz CT molecular complexity index is 544. The smallest absolute Gasteiger partial charge is 0.134 e. The molecule has 19 heavy (non-hydrogen) atoms. The third-order valence-corrected chi connectivity index (χ3v) is 4.13. The molecule has 2 aromatic rings. The summed E-state index contributed by atoms with van der Waals surface area (Å²) in [5.41, 5.74) is 8.24. The number of furan rings is 1. The minimum absolute atomic E-state index is 0.272. The molecule has 1 fully saturated rings. The molecule has 1 unspecified atom stereocenters. The predicted octanol–water partition coefficient (Wildman–Crippen LogP) is 3.16. The third kappa shape index (κ3) is 2.53. The van der Waals surface area contributed by atoms with E-state index in [9.17, 15) is 0 Å². The largest absolute Gasteiger partial charge is 0.464 e. The summed E-state index contributed by atoms with van der Waals surface area (Å²) < 4.78 is 5.66. The summed E-state index contributed by atoms with van der Waals surface area (Å²) in [6, 6.07) is 8.49. The quantitative estimate of drug-likeness (QED) is 0.865. The number of benzene rings is 1. The molecule has 1 aliphatic rings. The van der Waals surface area contributed by atoms with Gasteiger partial charge in [0.05, 0.1) is 12.3 Å². The first-order valence-electron chi connectivity index (χ1n) is 7.23. The molecule has 0 radical (unpaired) electrons. The van der Waals surface area contributed by atoms with Crippen LogP contribution in [0.2, 0.25) is 0 Å². The van der Waals surface area contributed by atoms with Crippen LogP contribution in [0.25, 0.3) is 11.0 Å². The SMILES string of the molecule is CCN(CC1CC1)C(CN)c1coc2ccccc12. The molecule has 3 nitrogen and oxygen atoms in total. The average molecular weight is 258 g/mol. The molecule has 1 aliphatic carbocycles. The van der Waals surface area contributed by atoms with E-state index in [0.717, 1.165) is 24.6 Å². The van der Waals surface area contributed by atoms with E-state index in [1.165, 1.54) is 23.8 Å². The predicted molar refractivity (Wildman–Crippen MR) is 78.0 cm³/mol. The fourth-order valence-electron chi connectivity index (χ4n) is 2.84. The second-order valence-corrected chi connectivity index (χ2v) is 5.47. The van der Waals surface area contributed by atoms with E-state index < -0.39 is 0 Å². The van der Waals surface area contributed by atoms with Crippen molar-refractivity contribution < 1.29 is 4.42 Å². The number of fused-ring (bicyclic) bond motifs is 1. The second kappa shape index (κ2) is 5.35. The molecule has 1 saturated carbocycles. The molecule has 0 amide bonds. The Kier molecular flexibility index (Phi) is 3.58. The van der Waals surface area contributed by atoms with Crippen molar-refractivity contribution in [2.45, 2.75) is 25.8 Å². The molecule has 2 N–H and O–H groups in total. The lowest BCUT2D eigenvalue weighted by atomic mass is 10.0. The number of nitrogens with zero attached hydrogens (tertiary/aromatic N) is 1. The van der Waals surface area contributed by atoms with Gasteiger partial charge in [-0.05, 0) is 31.4 Å². The van der Waals surface area contributed by atoms with E-state index in [-0.39, 0.29) is 6.04 Å². The fourth-order valence-corrected chi connectivity index (χ4v) is 2.84. The van der Waals surface area contributed by atoms with E-state index >= 15 is 0 Å². The van der Waals surface area contributed by atoms with Crippen molar-refractivity contribution in [2.24, 2.45) is 11.7 Å². The van der Waals surface area contributed by atoms with E-state index in [2.05, 4.69) is 24.0 Å². The molecule has 0 saturated heterocycles. The highest BCUT2D eigenvalue weighted by molar-refractivity contribution is 5.81. The highest BCUT2D eigenvalue weighted by Gasteiger charge is 2.28. The van der Waals surface area contributed by atoms with Crippen LogP contribution in [0.15, 0.2) is 34.9 Å². The molecule has 3 rings (SSSR count). The zero-order chi connectivity index (χ0) is 13.2. The maximum atomic E-state index is 6.04. The Balaban J connectivity index is 1.91. The molecule has 1 heterocycles. The van der Waals surface area contributed by atoms with Crippen LogP contribution < -0.4 is 5.73 Å². The van der Waals surface area contributed by atoms with Crippen molar-refractivity contribution in [2.75, 3.05) is 19.6 Å². The second-order valence-electron chi connectivity index (χ2n) is 5.47. The summed E-state index contributed by atoms with van der Waals surface area (Å²) in [5, 5.41) is 1.20. The van der Waals surface area contributed by atoms with E-state index in [1.54, 1.807) is 0 Å². The van der Waals surface area contributed by atoms with Crippen molar-refractivity contribution in [3.63, 3.8) is 0 Å². The number of nitrogens with two attached hydrogens (primary N) is 1. The van der Waals surface area contributed by atoms with Gasteiger partial charge >= 0.3 is 0 Å². The van der Waals surface area contributed by atoms with Crippen LogP contribution in [0, 0.1) is 5.92 Å². The van der Waals surface area contributed by atoms with E-state index in [4.69, 9.17) is 10.2 Å². The number of hydrogen-bond acceptors (Lipinski definition) is 3. The summed E-state index contributed by atoms with van der Waals surface area (Å²) in [5.74, 6) is 0.882. The topological polar surface area (TPSA) is 42.4 Å². The Morgan fingerprint density at radius 1 is 1.37 bits per heavy atom. The van der Waals surface area contributed by atoms with Gasteiger partial charge in [0, 0.05) is 24.0 Å². The lowest BCUT2D eigenvalue weighted by molar-refractivity contribution is 0.203. The van der Waals surface area contributed by atoms with Crippen molar-refractivity contribution in [1.29, 1.82) is 0 Å². The number of para-hydroxylation sites is 1. The van der Waals surface area contributed by atoms with Crippen LogP contribution >= 0.6 is 0 Å². The normalized spacial score (nSPS) is 17.2. The molecule has 1 aromatic carbocycles. The van der Waals surface area contributed by atoms with E-state index in [0.29, 0.717) is 6.54 Å². The van der Waals surface area contributed by atoms with Crippen LogP contribution in [0.1, 0.15) is 31.4 Å². The van der Waals surface area contributed by atoms with Crippen molar-refractivity contribution in [1.82, 2.24) is 4.90 Å². The Morgan fingerprint density at radius 2 is 2.16 bits per heavy atom. The van der Waals surface area contributed by atoms with Crippen molar-refractivity contribution in [3.05, 3.63) is 36.1 Å². The molecule has 0 spiro atoms. The van der Waals surface area contributed by atoms with Gasteiger partial charge in [-0.15, -0.1) is 0 Å². The maximum absolute atomic E-state index is 6.04. The lowest BCUT2D eigenvalue weighted by Gasteiger charge is -2.29. The van der Waals surface area contributed by atoms with Gasteiger partial charge in [0.25, 0.3) is 0 Å². The van der Waals surface area contributed by atoms with Gasteiger partial charge in [0.2, 0.25) is 0 Å². The number of likely N-dealkylation sites (N-methyl/N-ethyl adjacent to an activating group) is 1. The fraction of sp³-hybridized carbons (Fsp3) is 0.500. The van der Waals surface area contributed by atoms with Crippen LogP contribution in [0.4, 0.5) is 0 Å². The first kappa shape index (κ1) is 12.7. The summed E-state index contributed by atoms with van der Waals surface area (Å²) in [6.45, 7) is 5.06. The zero-order valence-corrected chi connectivity index (χ0v) is 11.5. The highest BCUT2D eigenvalue weighted by atomic mass is 16.3. The Hall–Kier alpha value is -1.32. The summed E-state index contributed by atoms with van der Waals surface area (Å²) >= 11 is 0. The molecule has 102 valence electrons. The molecular weight excluding hydrogens is 236 g/mol. The summed E-state index contributed by atoms with van der Waals surface area (Å²) in [4.78, 5) is 2.50. The first-order chi connectivity index (χ1) is 9.33. The molecule has 1 atom stereocenters. The van der Waals surface area contributed by atoms with Crippen molar-refractivity contribution >= 4 is 11.0 Å². The van der Waals surface area contributed by atoms with Gasteiger partial charge in [0.1, 0.15) is 5.58 Å². The minimum atomic E-state index is 0.272.